The molecule has 2 saturated carbocycles. The SMILES string of the molecule is CCN(CC)C12C3CCC(C3)C1C(c1ccccc1)=C(c1ccccc1)S2(=O)=O. The fourth-order valence-electron chi connectivity index (χ4n) is 6.74. The predicted molar refractivity (Wildman–Crippen MR) is 119 cm³/mol. The number of hydrogen-bond acceptors (Lipinski definition) is 3. The maximum Gasteiger partial charge on any atom is 0.199 e. The number of benzene rings is 2. The fraction of sp³-hybridized carbons (Fsp3) is 0.440. The highest BCUT2D eigenvalue weighted by Gasteiger charge is 2.72. The molecule has 0 N–H and O–H groups in total. The van der Waals surface area contributed by atoms with Gasteiger partial charge >= 0.3 is 0 Å². The van der Waals surface area contributed by atoms with Crippen LogP contribution in [-0.2, 0) is 9.84 Å². The smallest absolute Gasteiger partial charge is 0.199 e. The van der Waals surface area contributed by atoms with E-state index < -0.39 is 14.7 Å². The Hall–Kier alpha value is -1.91. The van der Waals surface area contributed by atoms with Gasteiger partial charge in [0.15, 0.2) is 9.84 Å². The summed E-state index contributed by atoms with van der Waals surface area (Å²) in [5.41, 5.74) is 2.98. The number of rotatable bonds is 5. The Labute approximate surface area is 174 Å². The van der Waals surface area contributed by atoms with Crippen molar-refractivity contribution in [3.8, 4) is 0 Å². The average Bonchev–Trinajstić information content (AvgIpc) is 3.40. The maximum absolute atomic E-state index is 14.5. The first-order chi connectivity index (χ1) is 14.1. The second-order valence-electron chi connectivity index (χ2n) is 8.65. The lowest BCUT2D eigenvalue weighted by Gasteiger charge is -2.47. The zero-order valence-corrected chi connectivity index (χ0v) is 18.0. The van der Waals surface area contributed by atoms with Gasteiger partial charge in [-0.2, -0.15) is 0 Å². The van der Waals surface area contributed by atoms with Crippen molar-refractivity contribution in [2.45, 2.75) is 38.0 Å². The first kappa shape index (κ1) is 19.1. The summed E-state index contributed by atoms with van der Waals surface area (Å²) in [7, 11) is -3.53. The van der Waals surface area contributed by atoms with Crippen LogP contribution in [0.5, 0.6) is 0 Å². The molecule has 3 aliphatic rings. The van der Waals surface area contributed by atoms with Crippen molar-refractivity contribution in [2.24, 2.45) is 17.8 Å². The molecule has 2 fully saturated rings. The molecule has 3 nitrogen and oxygen atoms in total. The number of sulfone groups is 1. The van der Waals surface area contributed by atoms with Crippen LogP contribution in [0.4, 0.5) is 0 Å². The topological polar surface area (TPSA) is 37.4 Å². The summed E-state index contributed by atoms with van der Waals surface area (Å²) in [5.74, 6) is 0.734. The molecule has 152 valence electrons. The molecular weight excluding hydrogens is 378 g/mol. The maximum atomic E-state index is 14.5. The van der Waals surface area contributed by atoms with Gasteiger partial charge in [-0.3, -0.25) is 4.90 Å². The van der Waals surface area contributed by atoms with Crippen LogP contribution >= 0.6 is 0 Å². The molecule has 29 heavy (non-hydrogen) atoms. The average molecular weight is 408 g/mol. The summed E-state index contributed by atoms with van der Waals surface area (Å²) < 4.78 is 29.1. The molecule has 2 aromatic rings. The summed E-state index contributed by atoms with van der Waals surface area (Å²) in [6.07, 6.45) is 3.21. The molecule has 0 aromatic heterocycles. The molecule has 2 bridgehead atoms. The Morgan fingerprint density at radius 1 is 0.897 bits per heavy atom. The molecule has 0 spiro atoms. The van der Waals surface area contributed by atoms with E-state index in [9.17, 15) is 8.42 Å². The van der Waals surface area contributed by atoms with E-state index in [4.69, 9.17) is 0 Å². The van der Waals surface area contributed by atoms with E-state index in [1.807, 2.05) is 48.5 Å². The van der Waals surface area contributed by atoms with E-state index in [0.29, 0.717) is 10.8 Å². The first-order valence-corrected chi connectivity index (χ1v) is 12.4. The zero-order valence-electron chi connectivity index (χ0n) is 17.2. The lowest BCUT2D eigenvalue weighted by atomic mass is 9.75. The Kier molecular flexibility index (Phi) is 4.48. The third kappa shape index (κ3) is 2.36. The quantitative estimate of drug-likeness (QED) is 0.695. The Morgan fingerprint density at radius 3 is 2.07 bits per heavy atom. The standard InChI is InChI=1S/C25H29NO2S/c1-3-26(4-2)25-21-16-15-20(17-21)23(25)22(18-11-7-5-8-12-18)24(29(25,27)28)19-13-9-6-10-14-19/h5-14,20-21,23H,3-4,15-17H2,1-2H3. The Balaban J connectivity index is 1.86. The van der Waals surface area contributed by atoms with Crippen LogP contribution in [0.2, 0.25) is 0 Å². The van der Waals surface area contributed by atoms with E-state index in [2.05, 4.69) is 30.9 Å². The highest BCUT2D eigenvalue weighted by molar-refractivity contribution is 8.02. The van der Waals surface area contributed by atoms with Gasteiger partial charge in [-0.25, -0.2) is 8.42 Å². The minimum absolute atomic E-state index is 0.0590. The molecular formula is C25H29NO2S. The fourth-order valence-corrected chi connectivity index (χ4v) is 9.94. The minimum Gasteiger partial charge on any atom is -0.284 e. The van der Waals surface area contributed by atoms with Crippen molar-refractivity contribution in [3.05, 3.63) is 71.8 Å². The molecule has 2 aromatic carbocycles. The lowest BCUT2D eigenvalue weighted by Crippen LogP contribution is -2.59. The molecule has 0 amide bonds. The summed E-state index contributed by atoms with van der Waals surface area (Å²) in [6, 6.07) is 20.1. The minimum atomic E-state index is -3.53. The first-order valence-electron chi connectivity index (χ1n) is 10.9. The molecule has 5 rings (SSSR count). The van der Waals surface area contributed by atoms with E-state index in [1.54, 1.807) is 0 Å². The van der Waals surface area contributed by atoms with Gasteiger partial charge in [-0.05, 0) is 60.9 Å². The van der Waals surface area contributed by atoms with Gasteiger partial charge in [0.25, 0.3) is 0 Å². The van der Waals surface area contributed by atoms with Gasteiger partial charge in [0.05, 0.1) is 4.91 Å². The molecule has 0 radical (unpaired) electrons. The predicted octanol–water partition coefficient (Wildman–Crippen LogP) is 5.07. The van der Waals surface area contributed by atoms with Crippen molar-refractivity contribution in [3.63, 3.8) is 0 Å². The summed E-state index contributed by atoms with van der Waals surface area (Å²) in [4.78, 5) is 2.07. The molecule has 1 heterocycles. The number of nitrogens with zero attached hydrogens (tertiary/aromatic N) is 1. The second-order valence-corrected chi connectivity index (χ2v) is 10.7. The molecule has 4 atom stereocenters. The largest absolute Gasteiger partial charge is 0.284 e. The van der Waals surface area contributed by atoms with Crippen molar-refractivity contribution in [1.29, 1.82) is 0 Å². The van der Waals surface area contributed by atoms with Gasteiger partial charge in [0.2, 0.25) is 0 Å². The van der Waals surface area contributed by atoms with Gasteiger partial charge in [-0.1, -0.05) is 74.5 Å². The van der Waals surface area contributed by atoms with E-state index in [1.165, 1.54) is 0 Å². The molecule has 2 aliphatic carbocycles. The molecule has 4 heteroatoms. The van der Waals surface area contributed by atoms with Gasteiger partial charge in [-0.15, -0.1) is 0 Å². The Bertz CT molecular complexity index is 1040. The van der Waals surface area contributed by atoms with E-state index in [0.717, 1.165) is 49.1 Å². The van der Waals surface area contributed by atoms with Gasteiger partial charge in [0.1, 0.15) is 4.87 Å². The highest BCUT2D eigenvalue weighted by Crippen LogP contribution is 2.69. The normalized spacial score (nSPS) is 32.2. The van der Waals surface area contributed by atoms with Crippen LogP contribution in [-0.4, -0.2) is 31.3 Å². The zero-order chi connectivity index (χ0) is 20.2. The van der Waals surface area contributed by atoms with E-state index in [-0.39, 0.29) is 11.8 Å². The third-order valence-corrected chi connectivity index (χ3v) is 10.3. The summed E-state index contributed by atoms with van der Waals surface area (Å²) in [6.45, 7) is 5.75. The van der Waals surface area contributed by atoms with Crippen LogP contribution < -0.4 is 0 Å². The number of hydrogen-bond donors (Lipinski definition) is 0. The van der Waals surface area contributed by atoms with Crippen molar-refractivity contribution in [1.82, 2.24) is 4.90 Å². The van der Waals surface area contributed by atoms with Gasteiger partial charge in [0, 0.05) is 5.92 Å². The third-order valence-electron chi connectivity index (χ3n) is 7.61. The van der Waals surface area contributed by atoms with Crippen LogP contribution in [0.1, 0.15) is 44.2 Å². The van der Waals surface area contributed by atoms with Crippen molar-refractivity contribution in [2.75, 3.05) is 13.1 Å². The molecule has 4 unspecified atom stereocenters. The van der Waals surface area contributed by atoms with E-state index >= 15 is 0 Å². The Morgan fingerprint density at radius 2 is 1.48 bits per heavy atom. The van der Waals surface area contributed by atoms with Crippen LogP contribution in [0.3, 0.4) is 0 Å². The second kappa shape index (κ2) is 6.82. The molecule has 1 aliphatic heterocycles. The van der Waals surface area contributed by atoms with Crippen LogP contribution in [0.15, 0.2) is 60.7 Å². The van der Waals surface area contributed by atoms with Gasteiger partial charge < -0.3 is 0 Å². The van der Waals surface area contributed by atoms with Crippen molar-refractivity contribution >= 4 is 20.3 Å². The van der Waals surface area contributed by atoms with Crippen LogP contribution in [0.25, 0.3) is 10.5 Å². The number of fused-ring (bicyclic) bond motifs is 5. The monoisotopic (exact) mass is 407 g/mol. The van der Waals surface area contributed by atoms with Crippen molar-refractivity contribution < 1.29 is 8.42 Å². The lowest BCUT2D eigenvalue weighted by molar-refractivity contribution is 0.0921. The van der Waals surface area contributed by atoms with Crippen LogP contribution in [0, 0.1) is 17.8 Å². The summed E-state index contributed by atoms with van der Waals surface area (Å²) in [5, 5.41) is 0. The summed E-state index contributed by atoms with van der Waals surface area (Å²) >= 11 is 0. The molecule has 0 saturated heterocycles. The highest BCUT2D eigenvalue weighted by atomic mass is 32.2.